The zero-order valence-electron chi connectivity index (χ0n) is 10.4. The molecular weight excluding hydrogens is 252 g/mol. The molecule has 2 aromatic heterocycles. The molecule has 2 aromatic rings. The highest BCUT2D eigenvalue weighted by atomic mass is 32.2. The lowest BCUT2D eigenvalue weighted by molar-refractivity contribution is 0.262. The molecule has 2 heterocycles. The molecule has 0 unspecified atom stereocenters. The first-order chi connectivity index (χ1) is 8.70. The molecule has 0 saturated carbocycles. The van der Waals surface area contributed by atoms with Crippen molar-refractivity contribution >= 4 is 11.8 Å². The Morgan fingerprint density at radius 3 is 2.94 bits per heavy atom. The summed E-state index contributed by atoms with van der Waals surface area (Å²) in [5.74, 6) is 0.714. The Morgan fingerprint density at radius 1 is 1.44 bits per heavy atom. The van der Waals surface area contributed by atoms with Crippen molar-refractivity contribution in [2.45, 2.75) is 37.3 Å². The fourth-order valence-corrected chi connectivity index (χ4v) is 2.22. The monoisotopic (exact) mass is 268 g/mol. The van der Waals surface area contributed by atoms with Crippen LogP contribution in [0.2, 0.25) is 0 Å². The molecule has 0 radical (unpaired) electrons. The van der Waals surface area contributed by atoms with Crippen LogP contribution in [0.15, 0.2) is 17.4 Å². The number of hydrogen-bond donors (Lipinski definition) is 1. The first-order valence-electron chi connectivity index (χ1n) is 5.74. The van der Waals surface area contributed by atoms with Gasteiger partial charge in [-0.05, 0) is 30.3 Å². The minimum atomic E-state index is 0.0283. The average molecular weight is 268 g/mol. The molecule has 0 bridgehead atoms. The Hall–Kier alpha value is -1.41. The molecule has 0 aromatic carbocycles. The number of aromatic nitrogens is 6. The molecule has 0 saturated heterocycles. The summed E-state index contributed by atoms with van der Waals surface area (Å²) in [4.78, 5) is 0. The maximum Gasteiger partial charge on any atom is 0.209 e. The number of aliphatic hydroxyl groups is 1. The van der Waals surface area contributed by atoms with E-state index in [2.05, 4.69) is 34.5 Å². The van der Waals surface area contributed by atoms with Crippen LogP contribution in [-0.2, 0) is 12.3 Å². The van der Waals surface area contributed by atoms with Crippen LogP contribution < -0.4 is 0 Å². The van der Waals surface area contributed by atoms with Gasteiger partial charge in [0, 0.05) is 18.0 Å². The van der Waals surface area contributed by atoms with Crippen molar-refractivity contribution in [2.24, 2.45) is 0 Å². The Morgan fingerprint density at radius 2 is 2.28 bits per heavy atom. The van der Waals surface area contributed by atoms with E-state index in [1.54, 1.807) is 4.68 Å². The quantitative estimate of drug-likeness (QED) is 0.778. The Labute approximate surface area is 109 Å². The molecule has 0 aliphatic carbocycles. The van der Waals surface area contributed by atoms with E-state index in [-0.39, 0.29) is 6.61 Å². The normalized spacial score (nSPS) is 11.3. The summed E-state index contributed by atoms with van der Waals surface area (Å²) in [6, 6.07) is 2.36. The van der Waals surface area contributed by atoms with Crippen molar-refractivity contribution in [3.05, 3.63) is 18.0 Å². The van der Waals surface area contributed by atoms with Gasteiger partial charge < -0.3 is 5.11 Å². The number of tetrazole rings is 1. The first-order valence-corrected chi connectivity index (χ1v) is 6.73. The molecule has 0 aliphatic rings. The number of rotatable bonds is 6. The van der Waals surface area contributed by atoms with E-state index in [1.807, 2.05) is 16.9 Å². The second-order valence-corrected chi connectivity index (χ2v) is 5.02. The number of hydrogen-bond acceptors (Lipinski definition) is 6. The molecule has 8 heteroatoms. The summed E-state index contributed by atoms with van der Waals surface area (Å²) >= 11 is 1.51. The van der Waals surface area contributed by atoms with Gasteiger partial charge in [0.15, 0.2) is 0 Å². The fraction of sp³-hybridized carbons (Fsp3) is 0.600. The van der Waals surface area contributed by atoms with Crippen molar-refractivity contribution in [3.63, 3.8) is 0 Å². The van der Waals surface area contributed by atoms with Gasteiger partial charge in [-0.25, -0.2) is 4.68 Å². The summed E-state index contributed by atoms with van der Waals surface area (Å²) in [6.45, 7) is 4.62. The van der Waals surface area contributed by atoms with Crippen molar-refractivity contribution in [3.8, 4) is 0 Å². The highest BCUT2D eigenvalue weighted by Gasteiger charge is 2.08. The third kappa shape index (κ3) is 3.08. The molecule has 0 spiro atoms. The zero-order valence-corrected chi connectivity index (χ0v) is 11.2. The Kier molecular flexibility index (Phi) is 4.32. The lowest BCUT2D eigenvalue weighted by Crippen LogP contribution is -2.06. The van der Waals surface area contributed by atoms with Crippen molar-refractivity contribution in [2.75, 3.05) is 6.61 Å². The smallest absolute Gasteiger partial charge is 0.209 e. The number of aliphatic hydroxyl groups excluding tert-OH is 1. The summed E-state index contributed by atoms with van der Waals surface area (Å²) < 4.78 is 3.51. The summed E-state index contributed by atoms with van der Waals surface area (Å²) in [5.41, 5.74) is 0.993. The average Bonchev–Trinajstić information content (AvgIpc) is 2.95. The largest absolute Gasteiger partial charge is 0.394 e. The van der Waals surface area contributed by atoms with E-state index in [0.29, 0.717) is 23.5 Å². The molecule has 18 heavy (non-hydrogen) atoms. The van der Waals surface area contributed by atoms with E-state index < -0.39 is 0 Å². The molecule has 7 nitrogen and oxygen atoms in total. The number of nitrogens with zero attached hydrogens (tertiary/aromatic N) is 6. The van der Waals surface area contributed by atoms with Gasteiger partial charge in [-0.1, -0.05) is 11.8 Å². The van der Waals surface area contributed by atoms with Crippen molar-refractivity contribution in [1.29, 1.82) is 0 Å². The lowest BCUT2D eigenvalue weighted by Gasteiger charge is -2.03. The van der Waals surface area contributed by atoms with E-state index >= 15 is 0 Å². The summed E-state index contributed by atoms with van der Waals surface area (Å²) in [6.07, 6.45) is 1.97. The van der Waals surface area contributed by atoms with E-state index in [4.69, 9.17) is 5.11 Å². The van der Waals surface area contributed by atoms with Gasteiger partial charge in [-0.3, -0.25) is 4.68 Å². The van der Waals surface area contributed by atoms with Gasteiger partial charge in [0.05, 0.1) is 18.8 Å². The molecule has 0 aliphatic heterocycles. The van der Waals surface area contributed by atoms with Gasteiger partial charge in [0.2, 0.25) is 5.16 Å². The van der Waals surface area contributed by atoms with Crippen molar-refractivity contribution in [1.82, 2.24) is 30.0 Å². The standard InChI is InChI=1S/C10H16N6OS/c1-8(2)15-4-3-9(12-15)7-18-10-11-13-14-16(10)5-6-17/h3-4,8,17H,5-7H2,1-2H3. The fourth-order valence-electron chi connectivity index (χ4n) is 1.42. The SMILES string of the molecule is CC(C)n1ccc(CSc2nnnn2CCO)n1. The van der Waals surface area contributed by atoms with Gasteiger partial charge in [0.25, 0.3) is 0 Å². The molecule has 98 valence electrons. The third-order valence-electron chi connectivity index (χ3n) is 2.35. The second kappa shape index (κ2) is 5.96. The predicted octanol–water partition coefficient (Wildman–Crippen LogP) is 0.735. The van der Waals surface area contributed by atoms with E-state index in [1.165, 1.54) is 11.8 Å². The Balaban J connectivity index is 1.95. The molecule has 0 atom stereocenters. The first kappa shape index (κ1) is 13.0. The lowest BCUT2D eigenvalue weighted by atomic mass is 10.4. The van der Waals surface area contributed by atoms with Crippen LogP contribution in [0.5, 0.6) is 0 Å². The van der Waals surface area contributed by atoms with Gasteiger partial charge in [-0.15, -0.1) is 5.10 Å². The third-order valence-corrected chi connectivity index (χ3v) is 3.34. The maximum absolute atomic E-state index is 8.87. The molecule has 1 N–H and O–H groups in total. The molecule has 2 rings (SSSR count). The van der Waals surface area contributed by atoms with Crippen LogP contribution in [0.3, 0.4) is 0 Å². The molecule has 0 fully saturated rings. The van der Waals surface area contributed by atoms with Gasteiger partial charge in [0.1, 0.15) is 0 Å². The van der Waals surface area contributed by atoms with Crippen LogP contribution >= 0.6 is 11.8 Å². The maximum atomic E-state index is 8.87. The van der Waals surface area contributed by atoms with Crippen LogP contribution in [0.1, 0.15) is 25.6 Å². The van der Waals surface area contributed by atoms with Crippen LogP contribution in [0.25, 0.3) is 0 Å². The van der Waals surface area contributed by atoms with Gasteiger partial charge >= 0.3 is 0 Å². The minimum Gasteiger partial charge on any atom is -0.394 e. The molecule has 0 amide bonds. The van der Waals surface area contributed by atoms with Gasteiger partial charge in [-0.2, -0.15) is 5.10 Å². The topological polar surface area (TPSA) is 81.7 Å². The highest BCUT2D eigenvalue weighted by molar-refractivity contribution is 7.98. The van der Waals surface area contributed by atoms with Crippen LogP contribution in [0.4, 0.5) is 0 Å². The highest BCUT2D eigenvalue weighted by Crippen LogP contribution is 2.19. The van der Waals surface area contributed by atoms with Crippen LogP contribution in [-0.4, -0.2) is 41.7 Å². The predicted molar refractivity (Wildman–Crippen MR) is 67.1 cm³/mol. The number of thioether (sulfide) groups is 1. The zero-order chi connectivity index (χ0) is 13.0. The Bertz CT molecular complexity index is 494. The van der Waals surface area contributed by atoms with E-state index in [9.17, 15) is 0 Å². The summed E-state index contributed by atoms with van der Waals surface area (Å²) in [7, 11) is 0. The van der Waals surface area contributed by atoms with Crippen LogP contribution in [0, 0.1) is 0 Å². The van der Waals surface area contributed by atoms with E-state index in [0.717, 1.165) is 5.69 Å². The summed E-state index contributed by atoms with van der Waals surface area (Å²) in [5, 5.41) is 25.3. The second-order valence-electron chi connectivity index (χ2n) is 4.08. The van der Waals surface area contributed by atoms with Crippen molar-refractivity contribution < 1.29 is 5.11 Å². The minimum absolute atomic E-state index is 0.0283. The molecular formula is C10H16N6OS.